The molecule has 0 bridgehead atoms. The lowest BCUT2D eigenvalue weighted by atomic mass is 10.1. The van der Waals surface area contributed by atoms with Crippen molar-refractivity contribution in [1.82, 2.24) is 0 Å². The van der Waals surface area contributed by atoms with E-state index in [0.29, 0.717) is 0 Å². The summed E-state index contributed by atoms with van der Waals surface area (Å²) in [4.78, 5) is 10.1. The smallest absolute Gasteiger partial charge is 0.119 e. The van der Waals surface area contributed by atoms with Crippen molar-refractivity contribution in [1.29, 1.82) is 0 Å². The average molecular weight is 234 g/mol. The minimum absolute atomic E-state index is 0.737. The van der Waals surface area contributed by atoms with Gasteiger partial charge in [-0.1, -0.05) is 62.1 Å². The summed E-state index contributed by atoms with van der Waals surface area (Å²) in [6.07, 6.45) is 22.9. The normalized spacial score (nSPS) is 12.1. The summed E-state index contributed by atoms with van der Waals surface area (Å²) in [5, 5.41) is 0. The van der Waals surface area contributed by atoms with Crippen LogP contribution < -0.4 is 0 Å². The average Bonchev–Trinajstić information content (AvgIpc) is 2.35. The maximum Gasteiger partial charge on any atom is 0.119 e. The molecule has 0 radical (unpaired) electrons. The first-order chi connectivity index (χ1) is 8.41. The molecule has 96 valence electrons. The molecule has 17 heavy (non-hydrogen) atoms. The van der Waals surface area contributed by atoms with Gasteiger partial charge in [-0.2, -0.15) is 0 Å². The predicted octanol–water partition coefficient (Wildman–Crippen LogP) is 4.99. The van der Waals surface area contributed by atoms with Gasteiger partial charge in [-0.25, -0.2) is 0 Å². The SMILES string of the molecule is C\C=C/C=C/C=C/CCCCCCCCC=O. The Labute approximate surface area is 106 Å². The fourth-order valence-electron chi connectivity index (χ4n) is 1.61. The van der Waals surface area contributed by atoms with E-state index in [1.165, 1.54) is 38.5 Å². The van der Waals surface area contributed by atoms with Gasteiger partial charge in [0.05, 0.1) is 0 Å². The molecule has 0 heterocycles. The molecule has 1 heteroatoms. The van der Waals surface area contributed by atoms with Crippen molar-refractivity contribution in [2.24, 2.45) is 0 Å². The van der Waals surface area contributed by atoms with Crippen LogP contribution in [0.25, 0.3) is 0 Å². The molecule has 0 aromatic carbocycles. The van der Waals surface area contributed by atoms with Crippen LogP contribution in [0.2, 0.25) is 0 Å². The third kappa shape index (κ3) is 14.9. The molecular formula is C16H26O. The van der Waals surface area contributed by atoms with Gasteiger partial charge in [0, 0.05) is 6.42 Å². The number of hydrogen-bond acceptors (Lipinski definition) is 1. The second-order valence-electron chi connectivity index (χ2n) is 4.20. The molecule has 0 aliphatic rings. The molecule has 0 aromatic rings. The minimum Gasteiger partial charge on any atom is -0.303 e. The summed E-state index contributed by atoms with van der Waals surface area (Å²) in [5.74, 6) is 0. The van der Waals surface area contributed by atoms with Gasteiger partial charge in [0.15, 0.2) is 0 Å². The second kappa shape index (κ2) is 14.9. The standard InChI is InChI=1S/C16H26O/c1-2-3-4-5-6-7-8-9-10-11-12-13-14-15-16-17/h2-7,16H,8-15H2,1H3/b3-2-,5-4+,7-6+. The van der Waals surface area contributed by atoms with Gasteiger partial charge in [0.25, 0.3) is 0 Å². The number of rotatable bonds is 11. The Balaban J connectivity index is 3.15. The Bertz CT molecular complexity index is 236. The van der Waals surface area contributed by atoms with E-state index < -0.39 is 0 Å². The number of carbonyl (C=O) groups excluding carboxylic acids is 1. The molecule has 0 rings (SSSR count). The number of unbranched alkanes of at least 4 members (excludes halogenated alkanes) is 7. The van der Waals surface area contributed by atoms with Crippen molar-refractivity contribution >= 4 is 6.29 Å². The Morgan fingerprint density at radius 1 is 0.706 bits per heavy atom. The highest BCUT2D eigenvalue weighted by Gasteiger charge is 1.89. The van der Waals surface area contributed by atoms with E-state index in [0.717, 1.165) is 19.1 Å². The summed E-state index contributed by atoms with van der Waals surface area (Å²) in [7, 11) is 0. The van der Waals surface area contributed by atoms with Crippen LogP contribution >= 0.6 is 0 Å². The molecule has 0 saturated heterocycles. The Morgan fingerprint density at radius 3 is 1.94 bits per heavy atom. The number of aldehydes is 1. The molecule has 1 nitrogen and oxygen atoms in total. The van der Waals surface area contributed by atoms with Gasteiger partial charge >= 0.3 is 0 Å². The zero-order chi connectivity index (χ0) is 12.6. The molecule has 0 fully saturated rings. The van der Waals surface area contributed by atoms with E-state index >= 15 is 0 Å². The number of allylic oxidation sites excluding steroid dienone is 6. The van der Waals surface area contributed by atoms with E-state index in [9.17, 15) is 4.79 Å². The second-order valence-corrected chi connectivity index (χ2v) is 4.20. The van der Waals surface area contributed by atoms with Crippen LogP contribution in [0, 0.1) is 0 Å². The van der Waals surface area contributed by atoms with Gasteiger partial charge in [-0.15, -0.1) is 0 Å². The summed E-state index contributed by atoms with van der Waals surface area (Å²) in [5.41, 5.74) is 0. The topological polar surface area (TPSA) is 17.1 Å². The molecule has 0 unspecified atom stereocenters. The Hall–Kier alpha value is -1.11. The summed E-state index contributed by atoms with van der Waals surface area (Å²) in [6.45, 7) is 2.02. The number of carbonyl (C=O) groups is 1. The van der Waals surface area contributed by atoms with Crippen LogP contribution in [0.3, 0.4) is 0 Å². The highest BCUT2D eigenvalue weighted by molar-refractivity contribution is 5.48. The van der Waals surface area contributed by atoms with Crippen molar-refractivity contribution in [2.75, 3.05) is 0 Å². The fourth-order valence-corrected chi connectivity index (χ4v) is 1.61. The lowest BCUT2D eigenvalue weighted by Crippen LogP contribution is -1.80. The third-order valence-corrected chi connectivity index (χ3v) is 2.60. The molecule has 0 aliphatic heterocycles. The van der Waals surface area contributed by atoms with Gasteiger partial charge in [0.2, 0.25) is 0 Å². The quantitative estimate of drug-likeness (QED) is 0.279. The van der Waals surface area contributed by atoms with Crippen molar-refractivity contribution in [3.05, 3.63) is 36.5 Å². The predicted molar refractivity (Wildman–Crippen MR) is 76.1 cm³/mol. The highest BCUT2D eigenvalue weighted by atomic mass is 16.1. The number of hydrogen-bond donors (Lipinski definition) is 0. The maximum atomic E-state index is 10.1. The Kier molecular flexibility index (Phi) is 13.9. The van der Waals surface area contributed by atoms with E-state index in [1.807, 2.05) is 25.2 Å². The first-order valence-corrected chi connectivity index (χ1v) is 6.80. The molecule has 0 atom stereocenters. The van der Waals surface area contributed by atoms with Crippen molar-refractivity contribution in [2.45, 2.75) is 58.3 Å². The van der Waals surface area contributed by atoms with Gasteiger partial charge in [-0.05, 0) is 26.2 Å². The first-order valence-electron chi connectivity index (χ1n) is 6.80. The van der Waals surface area contributed by atoms with E-state index in [-0.39, 0.29) is 0 Å². The Morgan fingerprint density at radius 2 is 1.29 bits per heavy atom. The van der Waals surface area contributed by atoms with Gasteiger partial charge in [-0.3, -0.25) is 0 Å². The molecule has 0 spiro atoms. The molecule has 0 aliphatic carbocycles. The van der Waals surface area contributed by atoms with Crippen LogP contribution in [0.5, 0.6) is 0 Å². The van der Waals surface area contributed by atoms with E-state index in [4.69, 9.17) is 0 Å². The van der Waals surface area contributed by atoms with Crippen molar-refractivity contribution < 1.29 is 4.79 Å². The fraction of sp³-hybridized carbons (Fsp3) is 0.562. The van der Waals surface area contributed by atoms with Crippen molar-refractivity contribution in [3.63, 3.8) is 0 Å². The van der Waals surface area contributed by atoms with Crippen LogP contribution in [0.4, 0.5) is 0 Å². The lowest BCUT2D eigenvalue weighted by Gasteiger charge is -1.98. The lowest BCUT2D eigenvalue weighted by molar-refractivity contribution is -0.107. The van der Waals surface area contributed by atoms with Gasteiger partial charge < -0.3 is 4.79 Å². The van der Waals surface area contributed by atoms with Crippen LogP contribution in [0.1, 0.15) is 58.3 Å². The van der Waals surface area contributed by atoms with E-state index in [2.05, 4.69) is 18.2 Å². The van der Waals surface area contributed by atoms with Crippen LogP contribution in [-0.4, -0.2) is 6.29 Å². The largest absolute Gasteiger partial charge is 0.303 e. The highest BCUT2D eigenvalue weighted by Crippen LogP contribution is 2.08. The summed E-state index contributed by atoms with van der Waals surface area (Å²) >= 11 is 0. The molecule has 0 amide bonds. The first kappa shape index (κ1) is 15.9. The molecule has 0 N–H and O–H groups in total. The van der Waals surface area contributed by atoms with E-state index in [1.54, 1.807) is 0 Å². The summed E-state index contributed by atoms with van der Waals surface area (Å²) < 4.78 is 0. The monoisotopic (exact) mass is 234 g/mol. The molecule has 0 aromatic heterocycles. The molecule has 0 saturated carbocycles. The maximum absolute atomic E-state index is 10.1. The minimum atomic E-state index is 0.737. The van der Waals surface area contributed by atoms with Crippen LogP contribution in [0.15, 0.2) is 36.5 Å². The molecular weight excluding hydrogens is 208 g/mol. The zero-order valence-electron chi connectivity index (χ0n) is 11.1. The third-order valence-electron chi connectivity index (χ3n) is 2.60. The van der Waals surface area contributed by atoms with Crippen molar-refractivity contribution in [3.8, 4) is 0 Å². The summed E-state index contributed by atoms with van der Waals surface area (Å²) in [6, 6.07) is 0. The zero-order valence-corrected chi connectivity index (χ0v) is 11.1. The van der Waals surface area contributed by atoms with Crippen LogP contribution in [-0.2, 0) is 4.79 Å². The van der Waals surface area contributed by atoms with Gasteiger partial charge in [0.1, 0.15) is 6.29 Å².